The van der Waals surface area contributed by atoms with Crippen LogP contribution in [-0.2, 0) is 12.0 Å². The van der Waals surface area contributed by atoms with Crippen molar-refractivity contribution in [2.45, 2.75) is 141 Å². The highest BCUT2D eigenvalue weighted by atomic mass is 32.1. The van der Waals surface area contributed by atoms with E-state index in [1.54, 1.807) is 16.3 Å². The molecule has 0 saturated heterocycles. The smallest absolute Gasteiger partial charge is 0.192 e. The Bertz CT molecular complexity index is 3830. The molecule has 71 heavy (non-hydrogen) atoms. The van der Waals surface area contributed by atoms with E-state index in [1.165, 1.54) is 148 Å². The van der Waals surface area contributed by atoms with E-state index in [2.05, 4.69) is 202 Å². The lowest BCUT2D eigenvalue weighted by Gasteiger charge is -2.36. The summed E-state index contributed by atoms with van der Waals surface area (Å²) in [4.78, 5) is 0. The van der Waals surface area contributed by atoms with Gasteiger partial charge in [-0.05, 0) is 118 Å². The standard InChI is InChI=1S/C66H67N3SSi/c1-39(2)48-35-52-60-56(37-66-31-32-71(7,8)58-38-67(66)55(36-51(58)43-23-13-10-14-24-43)45-25-15-16-26-46(45)62(60)66)68-53-28-18-19-29-54(53)69(65(68)61(52)64-59(48)47-27-17-20-30-57(47)70-64)63-49(40(3)4)33-44(34-50(63)41(5)6)42-21-11-9-12-22-42/h9,11-12,15-22,25-30,33-36,38-41,43,62H,10,13-14,23-24,31-32,37H2,1-8H3/q+2. The van der Waals surface area contributed by atoms with Gasteiger partial charge in [0.25, 0.3) is 0 Å². The minimum Gasteiger partial charge on any atom is -0.192 e. The maximum Gasteiger partial charge on any atom is 0.302 e. The quantitative estimate of drug-likeness (QED) is 0.116. The zero-order valence-corrected chi connectivity index (χ0v) is 44.8. The van der Waals surface area contributed by atoms with E-state index < -0.39 is 8.07 Å². The molecule has 14 rings (SSSR count). The van der Waals surface area contributed by atoms with E-state index in [4.69, 9.17) is 0 Å². The third-order valence-electron chi connectivity index (χ3n) is 18.3. The molecule has 1 spiro atoms. The largest absolute Gasteiger partial charge is 0.302 e. The molecule has 3 nitrogen and oxygen atoms in total. The highest BCUT2D eigenvalue weighted by molar-refractivity contribution is 7.26. The number of hydrogen-bond acceptors (Lipinski definition) is 1. The number of para-hydroxylation sites is 2. The van der Waals surface area contributed by atoms with Crippen LogP contribution in [0.2, 0.25) is 19.1 Å². The molecule has 6 heterocycles. The fourth-order valence-corrected chi connectivity index (χ4v) is 19.0. The fourth-order valence-electron chi connectivity index (χ4n) is 14.9. The van der Waals surface area contributed by atoms with Gasteiger partial charge >= 0.3 is 5.65 Å². The van der Waals surface area contributed by atoms with Crippen LogP contribution in [0.5, 0.6) is 0 Å². The average Bonchev–Trinajstić information content (AvgIpc) is 4.05. The van der Waals surface area contributed by atoms with Gasteiger partial charge in [-0.2, -0.15) is 13.5 Å². The van der Waals surface area contributed by atoms with Crippen molar-refractivity contribution in [3.05, 3.63) is 173 Å². The second-order valence-electron chi connectivity index (χ2n) is 23.8. The van der Waals surface area contributed by atoms with Crippen molar-refractivity contribution >= 4 is 72.2 Å². The van der Waals surface area contributed by atoms with Crippen LogP contribution in [0.1, 0.15) is 149 Å². The fraction of sp³-hybridized carbons (Fsp3) is 0.333. The van der Waals surface area contributed by atoms with Gasteiger partial charge in [0.2, 0.25) is 5.69 Å². The molecule has 2 unspecified atom stereocenters. The Hall–Kier alpha value is -5.88. The molecule has 0 amide bonds. The molecule has 2 bridgehead atoms. The van der Waals surface area contributed by atoms with Crippen molar-refractivity contribution in [3.8, 4) is 28.1 Å². The normalized spacial score (nSPS) is 19.5. The van der Waals surface area contributed by atoms with E-state index in [0.717, 1.165) is 6.42 Å². The summed E-state index contributed by atoms with van der Waals surface area (Å²) in [5.74, 6) is 1.82. The summed E-state index contributed by atoms with van der Waals surface area (Å²) >= 11 is 2.03. The van der Waals surface area contributed by atoms with E-state index >= 15 is 0 Å². The summed E-state index contributed by atoms with van der Waals surface area (Å²) in [5.41, 5.74) is 21.2. The molecule has 1 saturated carbocycles. The second kappa shape index (κ2) is 15.8. The molecule has 4 aliphatic rings. The number of fused-ring (bicyclic) bond motifs is 17. The van der Waals surface area contributed by atoms with Crippen LogP contribution in [0.25, 0.3) is 75.7 Å². The molecule has 4 aromatic heterocycles. The SMILES string of the molecule is CC(C)c1cc(-c2ccccc2)cc(C(C)C)c1-[n+]1c2ccccc2n2c3c(c4cc(C(C)C)c5c6ccccc6sc5c4c21)C1c2ccccc2-c2cc(C4CCCCC4)c4c[n+]2C1(CC[Si]4(C)C)C3. The lowest BCUT2D eigenvalue weighted by molar-refractivity contribution is -0.758. The van der Waals surface area contributed by atoms with Crippen molar-refractivity contribution in [1.29, 1.82) is 0 Å². The van der Waals surface area contributed by atoms with Crippen LogP contribution >= 0.6 is 11.3 Å². The first-order valence-electron chi connectivity index (χ1n) is 27.2. The zero-order chi connectivity index (χ0) is 48.2. The molecule has 1 fully saturated rings. The molecular weight excluding hydrogens is 895 g/mol. The van der Waals surface area contributed by atoms with Crippen molar-refractivity contribution in [2.24, 2.45) is 0 Å². The first-order valence-corrected chi connectivity index (χ1v) is 31.2. The van der Waals surface area contributed by atoms with E-state index in [-0.39, 0.29) is 11.5 Å². The van der Waals surface area contributed by atoms with Crippen LogP contribution in [0.3, 0.4) is 0 Å². The first kappa shape index (κ1) is 43.9. The van der Waals surface area contributed by atoms with E-state index in [1.807, 2.05) is 11.3 Å². The predicted octanol–water partition coefficient (Wildman–Crippen LogP) is 16.6. The third kappa shape index (κ3) is 6.12. The number of imidazole rings is 1. The van der Waals surface area contributed by atoms with Gasteiger partial charge in [0.15, 0.2) is 22.8 Å². The molecule has 2 aliphatic carbocycles. The number of thiophene rings is 1. The van der Waals surface area contributed by atoms with Crippen LogP contribution < -0.4 is 14.3 Å². The Labute approximate surface area is 424 Å². The highest BCUT2D eigenvalue weighted by Gasteiger charge is 2.63. The average molecular weight is 962 g/mol. The van der Waals surface area contributed by atoms with Crippen molar-refractivity contribution in [1.82, 2.24) is 4.40 Å². The minimum absolute atomic E-state index is 0.138. The molecule has 2 atom stereocenters. The predicted molar refractivity (Wildman–Crippen MR) is 302 cm³/mol. The van der Waals surface area contributed by atoms with Gasteiger partial charge in [0.05, 0.1) is 36.1 Å². The van der Waals surface area contributed by atoms with Crippen molar-refractivity contribution in [3.63, 3.8) is 0 Å². The lowest BCUT2D eigenvalue weighted by atomic mass is 9.71. The molecule has 10 aromatic rings. The molecular formula is C66H67N3SSi+2. The number of pyridine rings is 2. The Morgan fingerprint density at radius 2 is 1.35 bits per heavy atom. The van der Waals surface area contributed by atoms with Crippen molar-refractivity contribution < 1.29 is 9.13 Å². The highest BCUT2D eigenvalue weighted by Crippen LogP contribution is 2.59. The molecule has 0 radical (unpaired) electrons. The zero-order valence-electron chi connectivity index (χ0n) is 43.0. The van der Waals surface area contributed by atoms with Crippen LogP contribution in [-0.4, -0.2) is 12.5 Å². The summed E-state index contributed by atoms with van der Waals surface area (Å²) in [6.07, 6.45) is 11.8. The summed E-state index contributed by atoms with van der Waals surface area (Å²) in [6, 6.07) is 51.4. The van der Waals surface area contributed by atoms with Gasteiger partial charge in [-0.1, -0.05) is 153 Å². The van der Waals surface area contributed by atoms with Gasteiger partial charge in [-0.25, -0.2) is 0 Å². The molecule has 0 N–H and O–H groups in total. The van der Waals surface area contributed by atoms with Gasteiger partial charge in [0.1, 0.15) is 11.4 Å². The van der Waals surface area contributed by atoms with E-state index in [9.17, 15) is 0 Å². The summed E-state index contributed by atoms with van der Waals surface area (Å²) in [5, 5.41) is 7.45. The minimum atomic E-state index is -1.84. The Morgan fingerprint density at radius 3 is 2.11 bits per heavy atom. The van der Waals surface area contributed by atoms with Crippen LogP contribution in [0.4, 0.5) is 0 Å². The number of benzene rings is 6. The maximum atomic E-state index is 2.93. The number of rotatable bonds is 6. The molecule has 5 heteroatoms. The number of aromatic nitrogens is 3. The van der Waals surface area contributed by atoms with Gasteiger partial charge in [0, 0.05) is 49.8 Å². The monoisotopic (exact) mass is 961 g/mol. The maximum absolute atomic E-state index is 2.93. The number of nitrogens with zero attached hydrogens (tertiary/aromatic N) is 3. The molecule has 6 aromatic carbocycles. The first-order chi connectivity index (χ1) is 34.4. The Kier molecular flexibility index (Phi) is 9.77. The van der Waals surface area contributed by atoms with Gasteiger partial charge in [-0.3, -0.25) is 0 Å². The number of hydrogen-bond donors (Lipinski definition) is 0. The topological polar surface area (TPSA) is 12.2 Å². The summed E-state index contributed by atoms with van der Waals surface area (Å²) < 4.78 is 11.4. The van der Waals surface area contributed by atoms with Gasteiger partial charge < -0.3 is 0 Å². The third-order valence-corrected chi connectivity index (χ3v) is 22.9. The lowest BCUT2D eigenvalue weighted by Crippen LogP contribution is -2.62. The Morgan fingerprint density at radius 1 is 0.662 bits per heavy atom. The molecule has 2 aliphatic heterocycles. The van der Waals surface area contributed by atoms with E-state index in [0.29, 0.717) is 23.7 Å². The van der Waals surface area contributed by atoms with Crippen LogP contribution in [0, 0.1) is 0 Å². The summed E-state index contributed by atoms with van der Waals surface area (Å²) in [7, 11) is -1.84. The Balaban J connectivity index is 1.18. The van der Waals surface area contributed by atoms with Crippen molar-refractivity contribution in [2.75, 3.05) is 0 Å². The van der Waals surface area contributed by atoms with Gasteiger partial charge in [-0.15, -0.1) is 11.3 Å². The summed E-state index contributed by atoms with van der Waals surface area (Å²) in [6.45, 7) is 19.9. The van der Waals surface area contributed by atoms with Crippen LogP contribution in [0.15, 0.2) is 134 Å². The molecule has 354 valence electrons. The second-order valence-corrected chi connectivity index (χ2v) is 29.6.